The number of amides is 1. The van der Waals surface area contributed by atoms with Crippen LogP contribution in [-0.4, -0.2) is 21.0 Å². The lowest BCUT2D eigenvalue weighted by Gasteiger charge is -2.20. The lowest BCUT2D eigenvalue weighted by molar-refractivity contribution is 0.102. The Morgan fingerprint density at radius 3 is 2.63 bits per heavy atom. The van der Waals surface area contributed by atoms with Gasteiger partial charge in [-0.2, -0.15) is 0 Å². The van der Waals surface area contributed by atoms with Crippen molar-refractivity contribution >= 4 is 11.6 Å². The van der Waals surface area contributed by atoms with Crippen LogP contribution >= 0.6 is 0 Å². The second kappa shape index (κ2) is 7.45. The molecule has 0 saturated heterocycles. The van der Waals surface area contributed by atoms with E-state index in [1.54, 1.807) is 42.6 Å². The summed E-state index contributed by atoms with van der Waals surface area (Å²) in [6, 6.07) is 11.9. The zero-order valence-corrected chi connectivity index (χ0v) is 15.4. The van der Waals surface area contributed by atoms with Crippen molar-refractivity contribution in [3.63, 3.8) is 0 Å². The fourth-order valence-corrected chi connectivity index (χ4v) is 2.46. The van der Waals surface area contributed by atoms with Gasteiger partial charge in [0.1, 0.15) is 11.5 Å². The van der Waals surface area contributed by atoms with Crippen LogP contribution in [0.2, 0.25) is 0 Å². The normalized spacial score (nSPS) is 11.1. The number of nitrogens with one attached hydrogen (secondary N) is 1. The van der Waals surface area contributed by atoms with Gasteiger partial charge in [0, 0.05) is 18.0 Å². The molecule has 0 aliphatic heterocycles. The maximum absolute atomic E-state index is 12.6. The van der Waals surface area contributed by atoms with Crippen LogP contribution in [0.5, 0.6) is 17.4 Å². The molecule has 0 aliphatic rings. The topological polar surface area (TPSA) is 84.3 Å². The van der Waals surface area contributed by atoms with E-state index >= 15 is 0 Å². The number of aromatic nitrogens is 2. The van der Waals surface area contributed by atoms with Crippen LogP contribution in [0, 0.1) is 0 Å². The number of rotatable bonds is 4. The zero-order chi connectivity index (χ0) is 19.4. The zero-order valence-electron chi connectivity index (χ0n) is 15.4. The van der Waals surface area contributed by atoms with Crippen molar-refractivity contribution in [3.8, 4) is 17.4 Å². The van der Waals surface area contributed by atoms with E-state index < -0.39 is 0 Å². The molecule has 2 N–H and O–H groups in total. The van der Waals surface area contributed by atoms with Crippen LogP contribution in [0.1, 0.15) is 36.7 Å². The molecule has 1 aromatic heterocycles. The fourth-order valence-electron chi connectivity index (χ4n) is 2.46. The van der Waals surface area contributed by atoms with Crippen LogP contribution in [0.15, 0.2) is 61.1 Å². The minimum Gasteiger partial charge on any atom is -0.506 e. The van der Waals surface area contributed by atoms with Gasteiger partial charge in [-0.25, -0.2) is 4.98 Å². The second-order valence-electron chi connectivity index (χ2n) is 7.11. The number of anilines is 1. The Morgan fingerprint density at radius 2 is 1.93 bits per heavy atom. The Labute approximate surface area is 157 Å². The maximum Gasteiger partial charge on any atom is 0.255 e. The summed E-state index contributed by atoms with van der Waals surface area (Å²) >= 11 is 0. The van der Waals surface area contributed by atoms with E-state index in [1.165, 1.54) is 12.4 Å². The van der Waals surface area contributed by atoms with Crippen LogP contribution in [0.3, 0.4) is 0 Å². The number of nitrogens with zero attached hydrogens (tertiary/aromatic N) is 2. The quantitative estimate of drug-likeness (QED) is 0.666. The van der Waals surface area contributed by atoms with Crippen molar-refractivity contribution in [3.05, 3.63) is 72.2 Å². The Kier molecular flexibility index (Phi) is 5.07. The van der Waals surface area contributed by atoms with Gasteiger partial charge in [0.2, 0.25) is 5.88 Å². The van der Waals surface area contributed by atoms with E-state index in [1.807, 2.05) is 6.07 Å². The van der Waals surface area contributed by atoms with Gasteiger partial charge in [0.25, 0.3) is 5.91 Å². The van der Waals surface area contributed by atoms with Gasteiger partial charge in [-0.1, -0.05) is 32.9 Å². The molecule has 27 heavy (non-hydrogen) atoms. The molecule has 0 fully saturated rings. The summed E-state index contributed by atoms with van der Waals surface area (Å²) in [7, 11) is 0. The highest BCUT2D eigenvalue weighted by Crippen LogP contribution is 2.31. The predicted molar refractivity (Wildman–Crippen MR) is 103 cm³/mol. The molecule has 3 rings (SSSR count). The van der Waals surface area contributed by atoms with Gasteiger partial charge in [-0.05, 0) is 41.3 Å². The minimum atomic E-state index is -0.346. The summed E-state index contributed by atoms with van der Waals surface area (Å²) in [4.78, 5) is 20.6. The first-order valence-electron chi connectivity index (χ1n) is 8.52. The summed E-state index contributed by atoms with van der Waals surface area (Å²) in [5.41, 5.74) is 1.68. The molecule has 0 atom stereocenters. The Hall–Kier alpha value is -3.41. The molecule has 3 aromatic rings. The van der Waals surface area contributed by atoms with Gasteiger partial charge in [0.05, 0.1) is 11.9 Å². The third-order valence-corrected chi connectivity index (χ3v) is 3.97. The second-order valence-corrected chi connectivity index (χ2v) is 7.11. The average Bonchev–Trinajstić information content (AvgIpc) is 2.63. The Morgan fingerprint density at radius 1 is 1.11 bits per heavy atom. The first kappa shape index (κ1) is 18.4. The molecule has 0 unspecified atom stereocenters. The number of phenols is 1. The predicted octanol–water partition coefficient (Wildman–Crippen LogP) is 4.52. The third kappa shape index (κ3) is 4.61. The van der Waals surface area contributed by atoms with E-state index in [9.17, 15) is 9.90 Å². The highest BCUT2D eigenvalue weighted by atomic mass is 16.5. The average molecular weight is 363 g/mol. The first-order chi connectivity index (χ1) is 12.8. The Bertz CT molecular complexity index is 950. The summed E-state index contributed by atoms with van der Waals surface area (Å²) < 4.78 is 5.60. The van der Waals surface area contributed by atoms with Gasteiger partial charge < -0.3 is 15.2 Å². The van der Waals surface area contributed by atoms with Gasteiger partial charge in [-0.3, -0.25) is 9.78 Å². The molecule has 138 valence electrons. The van der Waals surface area contributed by atoms with Crippen molar-refractivity contribution in [2.75, 3.05) is 5.32 Å². The number of carbonyl (C=O) groups is 1. The SMILES string of the molecule is CC(C)(C)c1ccc(O)c(NC(=O)c2cccc(Oc3cnccn3)c2)c1. The monoisotopic (exact) mass is 363 g/mol. The number of hydrogen-bond donors (Lipinski definition) is 2. The van der Waals surface area contributed by atoms with Crippen LogP contribution in [0.4, 0.5) is 5.69 Å². The molecular formula is C21H21N3O3. The number of ether oxygens (including phenoxy) is 1. The van der Waals surface area contributed by atoms with E-state index in [0.717, 1.165) is 5.56 Å². The Balaban J connectivity index is 1.80. The van der Waals surface area contributed by atoms with Crippen molar-refractivity contribution in [2.45, 2.75) is 26.2 Å². The lowest BCUT2D eigenvalue weighted by atomic mass is 9.87. The van der Waals surface area contributed by atoms with E-state index in [2.05, 4.69) is 36.1 Å². The number of phenolic OH excluding ortho intramolecular Hbond substituents is 1. The lowest BCUT2D eigenvalue weighted by Crippen LogP contribution is -2.15. The molecule has 6 nitrogen and oxygen atoms in total. The summed E-state index contributed by atoms with van der Waals surface area (Å²) in [6.07, 6.45) is 4.56. The number of benzene rings is 2. The van der Waals surface area contributed by atoms with E-state index in [4.69, 9.17) is 4.74 Å². The highest BCUT2D eigenvalue weighted by Gasteiger charge is 2.17. The molecule has 0 aliphatic carbocycles. The van der Waals surface area contributed by atoms with Crippen LogP contribution in [0.25, 0.3) is 0 Å². The van der Waals surface area contributed by atoms with Crippen molar-refractivity contribution in [1.82, 2.24) is 9.97 Å². The molecule has 6 heteroatoms. The smallest absolute Gasteiger partial charge is 0.255 e. The van der Waals surface area contributed by atoms with Crippen molar-refractivity contribution < 1.29 is 14.6 Å². The van der Waals surface area contributed by atoms with Crippen molar-refractivity contribution in [1.29, 1.82) is 0 Å². The molecule has 0 spiro atoms. The standard InChI is InChI=1S/C21H21N3O3/c1-21(2,3)15-7-8-18(25)17(12-15)24-20(26)14-5-4-6-16(11-14)27-19-13-22-9-10-23-19/h4-13,25H,1-3H3,(H,24,26). The summed E-state index contributed by atoms with van der Waals surface area (Å²) in [5, 5.41) is 12.8. The first-order valence-corrected chi connectivity index (χ1v) is 8.52. The third-order valence-electron chi connectivity index (χ3n) is 3.97. The summed E-state index contributed by atoms with van der Waals surface area (Å²) in [5.74, 6) is 0.477. The van der Waals surface area contributed by atoms with E-state index in [-0.39, 0.29) is 17.1 Å². The summed E-state index contributed by atoms with van der Waals surface area (Å²) in [6.45, 7) is 6.20. The minimum absolute atomic E-state index is 0.0170. The maximum atomic E-state index is 12.6. The van der Waals surface area contributed by atoms with Crippen LogP contribution in [-0.2, 0) is 5.41 Å². The van der Waals surface area contributed by atoms with Gasteiger partial charge in [0.15, 0.2) is 0 Å². The molecule has 0 radical (unpaired) electrons. The molecule has 0 saturated carbocycles. The highest BCUT2D eigenvalue weighted by molar-refractivity contribution is 6.05. The molecule has 1 amide bonds. The van der Waals surface area contributed by atoms with Crippen molar-refractivity contribution in [2.24, 2.45) is 0 Å². The molecule has 0 bridgehead atoms. The molecule has 1 heterocycles. The van der Waals surface area contributed by atoms with Crippen LogP contribution < -0.4 is 10.1 Å². The van der Waals surface area contributed by atoms with Gasteiger partial charge >= 0.3 is 0 Å². The largest absolute Gasteiger partial charge is 0.506 e. The van der Waals surface area contributed by atoms with Gasteiger partial charge in [-0.15, -0.1) is 0 Å². The molecular weight excluding hydrogens is 342 g/mol. The number of hydrogen-bond acceptors (Lipinski definition) is 5. The van der Waals surface area contributed by atoms with E-state index in [0.29, 0.717) is 22.9 Å². The number of aromatic hydroxyl groups is 1. The fraction of sp³-hybridized carbons (Fsp3) is 0.190. The molecule has 2 aromatic carbocycles. The number of carbonyl (C=O) groups excluding carboxylic acids is 1.